The molecule has 98 valence electrons. The first-order chi connectivity index (χ1) is 9.11. The van der Waals surface area contributed by atoms with Crippen LogP contribution >= 0.6 is 11.6 Å². The first-order valence-corrected chi connectivity index (χ1v) is 6.40. The Morgan fingerprint density at radius 1 is 0.842 bits per heavy atom. The van der Waals surface area contributed by atoms with Gasteiger partial charge in [-0.05, 0) is 24.1 Å². The van der Waals surface area contributed by atoms with Crippen LogP contribution in [-0.2, 0) is 6.42 Å². The Morgan fingerprint density at radius 3 is 1.68 bits per heavy atom. The molecule has 0 aliphatic heterocycles. The highest BCUT2D eigenvalue weighted by molar-refractivity contribution is 6.30. The fourth-order valence-corrected chi connectivity index (χ4v) is 1.86. The minimum atomic E-state index is -0.874. The third-order valence-electron chi connectivity index (χ3n) is 2.91. The number of halogens is 3. The average molecular weight is 279 g/mol. The lowest BCUT2D eigenvalue weighted by Gasteiger charge is -2.03. The molecule has 2 aromatic rings. The van der Waals surface area contributed by atoms with Gasteiger partial charge in [-0.15, -0.1) is 0 Å². The van der Waals surface area contributed by atoms with Gasteiger partial charge in [0.05, 0.1) is 0 Å². The molecule has 0 fully saturated rings. The van der Waals surface area contributed by atoms with Crippen molar-refractivity contribution >= 4 is 23.3 Å². The Labute approximate surface area is 116 Å². The van der Waals surface area contributed by atoms with Gasteiger partial charge in [0.25, 0.3) is 0 Å². The summed E-state index contributed by atoms with van der Waals surface area (Å²) < 4.78 is 28.0. The molecule has 19 heavy (non-hydrogen) atoms. The molecule has 0 aromatic heterocycles. The van der Waals surface area contributed by atoms with Crippen LogP contribution in [0.4, 0.5) is 8.78 Å². The maximum atomic E-state index is 14.0. The molecule has 2 rings (SSSR count). The number of hydrogen-bond acceptors (Lipinski definition) is 0. The molecule has 0 heterocycles. The van der Waals surface area contributed by atoms with Crippen LogP contribution in [0.2, 0.25) is 5.02 Å². The van der Waals surface area contributed by atoms with Gasteiger partial charge in [-0.3, -0.25) is 0 Å². The van der Waals surface area contributed by atoms with Gasteiger partial charge in [0.15, 0.2) is 11.7 Å². The lowest BCUT2D eigenvalue weighted by molar-refractivity contribution is 0.700. The van der Waals surface area contributed by atoms with Gasteiger partial charge in [-0.2, -0.15) is 0 Å². The lowest BCUT2D eigenvalue weighted by atomic mass is 10.1. The first-order valence-electron chi connectivity index (χ1n) is 6.02. The quantitative estimate of drug-likeness (QED) is 0.635. The summed E-state index contributed by atoms with van der Waals surface area (Å²) in [7, 11) is 0. The van der Waals surface area contributed by atoms with E-state index in [0.717, 1.165) is 12.0 Å². The highest BCUT2D eigenvalue weighted by Gasteiger charge is 2.11. The second-order valence-electron chi connectivity index (χ2n) is 4.19. The Bertz CT molecular complexity index is 583. The average Bonchev–Trinajstić information content (AvgIpc) is 2.46. The van der Waals surface area contributed by atoms with Crippen LogP contribution in [0.5, 0.6) is 0 Å². The molecule has 0 unspecified atom stereocenters. The van der Waals surface area contributed by atoms with E-state index in [-0.39, 0.29) is 11.1 Å². The van der Waals surface area contributed by atoms with E-state index in [1.54, 1.807) is 24.3 Å². The normalized spacial score (nSPS) is 12.2. The molecule has 3 heteroatoms. The monoisotopic (exact) mass is 278 g/mol. The van der Waals surface area contributed by atoms with Crippen LogP contribution in [0.3, 0.4) is 0 Å². The molecular formula is C16H13ClF2. The fraction of sp³-hybridized carbons (Fsp3) is 0.125. The fourth-order valence-electron chi connectivity index (χ4n) is 1.74. The zero-order chi connectivity index (χ0) is 13.8. The molecule has 2 aromatic carbocycles. The number of rotatable bonds is 3. The van der Waals surface area contributed by atoms with Crippen molar-refractivity contribution in [1.29, 1.82) is 0 Å². The molecule has 0 amide bonds. The van der Waals surface area contributed by atoms with Gasteiger partial charge >= 0.3 is 0 Å². The zero-order valence-electron chi connectivity index (χ0n) is 10.5. The van der Waals surface area contributed by atoms with Gasteiger partial charge < -0.3 is 0 Å². The maximum absolute atomic E-state index is 14.0. The van der Waals surface area contributed by atoms with E-state index < -0.39 is 11.7 Å². The van der Waals surface area contributed by atoms with Gasteiger partial charge in [-0.25, -0.2) is 8.78 Å². The highest BCUT2D eigenvalue weighted by atomic mass is 35.5. The number of benzene rings is 2. The smallest absolute Gasteiger partial charge is 0.166 e. The first kappa shape index (κ1) is 13.8. The summed E-state index contributed by atoms with van der Waals surface area (Å²) >= 11 is 5.71. The number of aryl methyl sites for hydroxylation is 1. The Balaban J connectivity index is 2.36. The summed E-state index contributed by atoms with van der Waals surface area (Å²) in [6.45, 7) is 2.01. The van der Waals surface area contributed by atoms with E-state index in [1.807, 2.05) is 6.92 Å². The van der Waals surface area contributed by atoms with E-state index >= 15 is 0 Å². The van der Waals surface area contributed by atoms with Crippen LogP contribution in [0.25, 0.3) is 11.7 Å². The highest BCUT2D eigenvalue weighted by Crippen LogP contribution is 2.29. The molecule has 0 nitrogen and oxygen atoms in total. The molecule has 0 spiro atoms. The van der Waals surface area contributed by atoms with Crippen molar-refractivity contribution in [2.45, 2.75) is 13.3 Å². The predicted molar refractivity (Wildman–Crippen MR) is 76.3 cm³/mol. The van der Waals surface area contributed by atoms with E-state index in [0.29, 0.717) is 5.02 Å². The van der Waals surface area contributed by atoms with Crippen molar-refractivity contribution < 1.29 is 8.78 Å². The number of hydrogen-bond donors (Lipinski definition) is 0. The minimum absolute atomic E-state index is 0.182. The van der Waals surface area contributed by atoms with Crippen molar-refractivity contribution in [3.05, 3.63) is 70.2 Å². The van der Waals surface area contributed by atoms with E-state index in [1.165, 1.54) is 24.3 Å². The van der Waals surface area contributed by atoms with Crippen LogP contribution in [-0.4, -0.2) is 0 Å². The topological polar surface area (TPSA) is 0 Å². The van der Waals surface area contributed by atoms with Crippen LogP contribution in [0, 0.1) is 0 Å². The van der Waals surface area contributed by atoms with E-state index in [2.05, 4.69) is 0 Å². The molecule has 0 atom stereocenters. The van der Waals surface area contributed by atoms with Gasteiger partial charge in [-0.1, -0.05) is 54.9 Å². The molecule has 0 saturated heterocycles. The predicted octanol–water partition coefficient (Wildman–Crippen LogP) is 5.67. The second kappa shape index (κ2) is 5.98. The maximum Gasteiger partial charge on any atom is 0.166 e. The standard InChI is InChI=1S/C16H13ClF2/c1-2-11-3-5-12(6-4-11)15(18)16(19)13-7-9-14(17)10-8-13/h3-10H,2H2,1H3. The second-order valence-corrected chi connectivity index (χ2v) is 4.62. The van der Waals surface area contributed by atoms with Gasteiger partial charge in [0.1, 0.15) is 0 Å². The summed E-state index contributed by atoms with van der Waals surface area (Å²) in [4.78, 5) is 0. The summed E-state index contributed by atoms with van der Waals surface area (Å²) in [5, 5.41) is 0.490. The molecule has 0 radical (unpaired) electrons. The summed E-state index contributed by atoms with van der Waals surface area (Å²) in [6.07, 6.45) is 0.866. The van der Waals surface area contributed by atoms with Crippen molar-refractivity contribution in [3.8, 4) is 0 Å². The third kappa shape index (κ3) is 3.21. The van der Waals surface area contributed by atoms with E-state index in [9.17, 15) is 8.78 Å². The molecular weight excluding hydrogens is 266 g/mol. The van der Waals surface area contributed by atoms with Crippen molar-refractivity contribution in [2.24, 2.45) is 0 Å². The summed E-state index contributed by atoms with van der Waals surface area (Å²) in [5.41, 5.74) is 1.51. The van der Waals surface area contributed by atoms with Crippen LogP contribution in [0.15, 0.2) is 48.5 Å². The van der Waals surface area contributed by atoms with Crippen LogP contribution < -0.4 is 0 Å². The Kier molecular flexibility index (Phi) is 4.33. The van der Waals surface area contributed by atoms with Crippen molar-refractivity contribution in [3.63, 3.8) is 0 Å². The van der Waals surface area contributed by atoms with Gasteiger partial charge in [0.2, 0.25) is 0 Å². The Hall–Kier alpha value is -1.67. The SMILES string of the molecule is CCc1ccc(C(F)=C(F)c2ccc(Cl)cc2)cc1. The van der Waals surface area contributed by atoms with E-state index in [4.69, 9.17) is 11.6 Å². The van der Waals surface area contributed by atoms with Crippen molar-refractivity contribution in [2.75, 3.05) is 0 Å². The molecule has 0 N–H and O–H groups in total. The largest absolute Gasteiger partial charge is 0.203 e. The molecule has 0 aliphatic carbocycles. The van der Waals surface area contributed by atoms with Gasteiger partial charge in [0, 0.05) is 16.1 Å². The van der Waals surface area contributed by atoms with Crippen LogP contribution in [0.1, 0.15) is 23.6 Å². The lowest BCUT2D eigenvalue weighted by Crippen LogP contribution is -1.86. The van der Waals surface area contributed by atoms with Crippen molar-refractivity contribution in [1.82, 2.24) is 0 Å². The minimum Gasteiger partial charge on any atom is -0.203 e. The summed E-state index contributed by atoms with van der Waals surface area (Å²) in [6, 6.07) is 12.7. The molecule has 0 bridgehead atoms. The zero-order valence-corrected chi connectivity index (χ0v) is 11.2. The summed E-state index contributed by atoms with van der Waals surface area (Å²) in [5.74, 6) is -1.73. The Morgan fingerprint density at radius 2 is 1.26 bits per heavy atom. The molecule has 0 saturated carbocycles. The molecule has 0 aliphatic rings. The third-order valence-corrected chi connectivity index (χ3v) is 3.16.